The summed E-state index contributed by atoms with van der Waals surface area (Å²) in [4.78, 5) is 0. The quantitative estimate of drug-likeness (QED) is 0.835. The van der Waals surface area contributed by atoms with E-state index in [4.69, 9.17) is 10.8 Å². The molecule has 1 rings (SSSR count). The number of aliphatic hydroxyl groups excluding tert-OH is 1. The van der Waals surface area contributed by atoms with Crippen LogP contribution in [0.25, 0.3) is 0 Å². The molecule has 0 aliphatic carbocycles. The van der Waals surface area contributed by atoms with Crippen LogP contribution in [0, 0.1) is 9.39 Å². The third-order valence-electron chi connectivity index (χ3n) is 1.80. The predicted molar refractivity (Wildman–Crippen MR) is 65.0 cm³/mol. The van der Waals surface area contributed by atoms with Gasteiger partial charge in [-0.25, -0.2) is 4.39 Å². The van der Waals surface area contributed by atoms with Crippen molar-refractivity contribution in [2.75, 3.05) is 6.61 Å². The lowest BCUT2D eigenvalue weighted by Crippen LogP contribution is -2.13. The number of nitrogens with two attached hydrogens (primary N) is 1. The predicted octanol–water partition coefficient (Wildman–Crippen LogP) is 2.23. The Morgan fingerprint density at radius 1 is 1.50 bits per heavy atom. The van der Waals surface area contributed by atoms with E-state index in [1.807, 2.05) is 0 Å². The van der Waals surface area contributed by atoms with Gasteiger partial charge >= 0.3 is 0 Å². The molecule has 0 fully saturated rings. The van der Waals surface area contributed by atoms with Gasteiger partial charge in [0.05, 0.1) is 0 Å². The minimum Gasteiger partial charge on any atom is -0.396 e. The minimum absolute atomic E-state index is 0. The van der Waals surface area contributed by atoms with Crippen LogP contribution in [0.4, 0.5) is 4.39 Å². The third kappa shape index (κ3) is 3.68. The molecular formula is C9H12ClFINO. The maximum absolute atomic E-state index is 13.2. The van der Waals surface area contributed by atoms with Crippen molar-refractivity contribution >= 4 is 35.0 Å². The molecule has 1 aromatic rings. The Balaban J connectivity index is 0.00000169. The van der Waals surface area contributed by atoms with E-state index in [0.717, 1.165) is 3.57 Å². The summed E-state index contributed by atoms with van der Waals surface area (Å²) in [7, 11) is 0. The molecule has 1 unspecified atom stereocenters. The summed E-state index contributed by atoms with van der Waals surface area (Å²) < 4.78 is 14.1. The molecule has 0 bridgehead atoms. The van der Waals surface area contributed by atoms with Crippen LogP contribution in [0.15, 0.2) is 18.2 Å². The lowest BCUT2D eigenvalue weighted by atomic mass is 10.0. The summed E-state index contributed by atoms with van der Waals surface area (Å²) in [5, 5.41) is 8.65. The van der Waals surface area contributed by atoms with E-state index in [1.165, 1.54) is 6.07 Å². The first-order valence-corrected chi connectivity index (χ1v) is 5.04. The second-order valence-corrected chi connectivity index (χ2v) is 4.03. The highest BCUT2D eigenvalue weighted by molar-refractivity contribution is 14.1. The Morgan fingerprint density at radius 3 is 2.71 bits per heavy atom. The van der Waals surface area contributed by atoms with Gasteiger partial charge in [0.25, 0.3) is 0 Å². The fraction of sp³-hybridized carbons (Fsp3) is 0.333. The molecule has 0 heterocycles. The van der Waals surface area contributed by atoms with Crippen LogP contribution in [0.5, 0.6) is 0 Å². The van der Waals surface area contributed by atoms with E-state index in [0.29, 0.717) is 12.0 Å². The highest BCUT2D eigenvalue weighted by atomic mass is 127. The van der Waals surface area contributed by atoms with Crippen molar-refractivity contribution in [3.8, 4) is 0 Å². The molecule has 0 amide bonds. The lowest BCUT2D eigenvalue weighted by molar-refractivity contribution is 0.275. The molecule has 80 valence electrons. The van der Waals surface area contributed by atoms with Crippen LogP contribution < -0.4 is 5.73 Å². The zero-order valence-electron chi connectivity index (χ0n) is 7.41. The molecule has 0 saturated carbocycles. The van der Waals surface area contributed by atoms with Gasteiger partial charge in [0, 0.05) is 21.8 Å². The molecular weight excluding hydrogens is 319 g/mol. The van der Waals surface area contributed by atoms with Crippen molar-refractivity contribution in [3.05, 3.63) is 33.1 Å². The summed E-state index contributed by atoms with van der Waals surface area (Å²) in [5.41, 5.74) is 6.14. The summed E-state index contributed by atoms with van der Waals surface area (Å²) >= 11 is 2.10. The minimum atomic E-state index is -0.417. The lowest BCUT2D eigenvalue weighted by Gasteiger charge is -2.11. The van der Waals surface area contributed by atoms with E-state index in [1.54, 1.807) is 12.1 Å². The van der Waals surface area contributed by atoms with Crippen LogP contribution in [-0.2, 0) is 0 Å². The first kappa shape index (κ1) is 14.1. The Morgan fingerprint density at radius 2 is 2.14 bits per heavy atom. The summed E-state index contributed by atoms with van der Waals surface area (Å²) in [5.74, 6) is -0.304. The SMILES string of the molecule is Cl.NC(CCO)c1cc(I)ccc1F. The number of halogens is 3. The smallest absolute Gasteiger partial charge is 0.128 e. The van der Waals surface area contributed by atoms with Crippen molar-refractivity contribution < 1.29 is 9.50 Å². The van der Waals surface area contributed by atoms with Gasteiger partial charge in [0.1, 0.15) is 5.82 Å². The van der Waals surface area contributed by atoms with E-state index < -0.39 is 6.04 Å². The first-order chi connectivity index (χ1) is 6.15. The molecule has 14 heavy (non-hydrogen) atoms. The van der Waals surface area contributed by atoms with Crippen LogP contribution in [0.1, 0.15) is 18.0 Å². The number of hydrogen-bond donors (Lipinski definition) is 2. The van der Waals surface area contributed by atoms with Gasteiger partial charge in [-0.15, -0.1) is 12.4 Å². The highest BCUT2D eigenvalue weighted by Gasteiger charge is 2.10. The monoisotopic (exact) mass is 331 g/mol. The van der Waals surface area contributed by atoms with E-state index in [9.17, 15) is 4.39 Å². The topological polar surface area (TPSA) is 46.2 Å². The van der Waals surface area contributed by atoms with Gasteiger partial charge in [-0.05, 0) is 47.2 Å². The second kappa shape index (κ2) is 6.55. The normalized spacial score (nSPS) is 12.0. The van der Waals surface area contributed by atoms with Crippen molar-refractivity contribution in [1.29, 1.82) is 0 Å². The molecule has 0 aromatic heterocycles. The Labute approximate surface area is 102 Å². The maximum atomic E-state index is 13.2. The van der Waals surface area contributed by atoms with Gasteiger partial charge in [-0.1, -0.05) is 0 Å². The fourth-order valence-corrected chi connectivity index (χ4v) is 1.61. The second-order valence-electron chi connectivity index (χ2n) is 2.78. The molecule has 0 aliphatic heterocycles. The van der Waals surface area contributed by atoms with Gasteiger partial charge < -0.3 is 10.8 Å². The summed E-state index contributed by atoms with van der Waals surface area (Å²) in [6, 6.07) is 4.37. The maximum Gasteiger partial charge on any atom is 0.128 e. The molecule has 5 heteroatoms. The number of benzene rings is 1. The molecule has 0 spiro atoms. The van der Waals surface area contributed by atoms with Crippen LogP contribution >= 0.6 is 35.0 Å². The Hall–Kier alpha value is 0.0900. The largest absolute Gasteiger partial charge is 0.396 e. The van der Waals surface area contributed by atoms with Gasteiger partial charge in [0.2, 0.25) is 0 Å². The zero-order valence-corrected chi connectivity index (χ0v) is 10.4. The van der Waals surface area contributed by atoms with Crippen molar-refractivity contribution in [3.63, 3.8) is 0 Å². The molecule has 0 radical (unpaired) electrons. The fourth-order valence-electron chi connectivity index (χ4n) is 1.09. The number of rotatable bonds is 3. The summed E-state index contributed by atoms with van der Waals surface area (Å²) in [6.07, 6.45) is 0.386. The van der Waals surface area contributed by atoms with E-state index in [-0.39, 0.29) is 24.8 Å². The van der Waals surface area contributed by atoms with Crippen LogP contribution in [0.2, 0.25) is 0 Å². The van der Waals surface area contributed by atoms with Crippen molar-refractivity contribution in [1.82, 2.24) is 0 Å². The molecule has 3 N–H and O–H groups in total. The molecule has 1 atom stereocenters. The van der Waals surface area contributed by atoms with Crippen molar-refractivity contribution in [2.24, 2.45) is 5.73 Å². The zero-order chi connectivity index (χ0) is 9.84. The summed E-state index contributed by atoms with van der Waals surface area (Å²) in [6.45, 7) is -0.0217. The number of hydrogen-bond acceptors (Lipinski definition) is 2. The van der Waals surface area contributed by atoms with E-state index in [2.05, 4.69) is 22.6 Å². The van der Waals surface area contributed by atoms with Gasteiger partial charge in [-0.3, -0.25) is 0 Å². The average molecular weight is 332 g/mol. The van der Waals surface area contributed by atoms with Gasteiger partial charge in [0.15, 0.2) is 0 Å². The molecule has 1 aromatic carbocycles. The molecule has 0 saturated heterocycles. The average Bonchev–Trinajstić information content (AvgIpc) is 2.09. The standard InChI is InChI=1S/C9H11FINO.ClH/c10-8-2-1-6(11)5-7(8)9(12)3-4-13;/h1-2,5,9,13H,3-4,12H2;1H. The highest BCUT2D eigenvalue weighted by Crippen LogP contribution is 2.19. The molecule has 0 aliphatic rings. The number of aliphatic hydroxyl groups is 1. The van der Waals surface area contributed by atoms with Crippen LogP contribution in [-0.4, -0.2) is 11.7 Å². The molecule has 2 nitrogen and oxygen atoms in total. The van der Waals surface area contributed by atoms with E-state index >= 15 is 0 Å². The third-order valence-corrected chi connectivity index (χ3v) is 2.47. The van der Waals surface area contributed by atoms with Crippen molar-refractivity contribution in [2.45, 2.75) is 12.5 Å². The first-order valence-electron chi connectivity index (χ1n) is 3.96. The Kier molecular flexibility index (Phi) is 6.59. The van der Waals surface area contributed by atoms with Gasteiger partial charge in [-0.2, -0.15) is 0 Å². The van der Waals surface area contributed by atoms with Crippen LogP contribution in [0.3, 0.4) is 0 Å². The Bertz CT molecular complexity index is 298.